The molecule has 104 valence electrons. The highest BCUT2D eigenvalue weighted by Crippen LogP contribution is 2.27. The fourth-order valence-corrected chi connectivity index (χ4v) is 2.79. The maximum Gasteiger partial charge on any atom is 0.310 e. The third-order valence-electron chi connectivity index (χ3n) is 3.89. The van der Waals surface area contributed by atoms with Crippen LogP contribution < -0.4 is 5.73 Å². The second-order valence-corrected chi connectivity index (χ2v) is 5.36. The second kappa shape index (κ2) is 6.71. The molecule has 1 aliphatic carbocycles. The van der Waals surface area contributed by atoms with E-state index >= 15 is 0 Å². The van der Waals surface area contributed by atoms with Crippen LogP contribution in [0.25, 0.3) is 0 Å². The van der Waals surface area contributed by atoms with Gasteiger partial charge < -0.3 is 10.5 Å². The topological polar surface area (TPSA) is 52.3 Å². The SMILES string of the molecule is CCOC(=O)Cc1ccc(C[C@@H]2CCC[C@H]2N)cc1. The van der Waals surface area contributed by atoms with Crippen molar-refractivity contribution in [1.82, 2.24) is 0 Å². The van der Waals surface area contributed by atoms with Gasteiger partial charge in [0.05, 0.1) is 13.0 Å². The molecule has 1 saturated carbocycles. The number of nitrogens with two attached hydrogens (primary N) is 1. The third-order valence-corrected chi connectivity index (χ3v) is 3.89. The molecular formula is C16H23NO2. The van der Waals surface area contributed by atoms with Crippen molar-refractivity contribution in [3.63, 3.8) is 0 Å². The standard InChI is InChI=1S/C16H23NO2/c1-2-19-16(18)11-13-8-6-12(7-9-13)10-14-4-3-5-15(14)17/h6-9,14-15H,2-5,10-11,17H2,1H3/t14-,15+/m0/s1. The molecule has 3 nitrogen and oxygen atoms in total. The number of rotatable bonds is 5. The Bertz CT molecular complexity index is 413. The van der Waals surface area contributed by atoms with Crippen LogP contribution in [0.4, 0.5) is 0 Å². The van der Waals surface area contributed by atoms with Crippen molar-refractivity contribution in [3.05, 3.63) is 35.4 Å². The summed E-state index contributed by atoms with van der Waals surface area (Å²) in [5, 5.41) is 0. The Balaban J connectivity index is 1.89. The summed E-state index contributed by atoms with van der Waals surface area (Å²) in [7, 11) is 0. The van der Waals surface area contributed by atoms with Crippen LogP contribution in [-0.2, 0) is 22.4 Å². The lowest BCUT2D eigenvalue weighted by molar-refractivity contribution is -0.142. The zero-order valence-corrected chi connectivity index (χ0v) is 11.6. The largest absolute Gasteiger partial charge is 0.466 e. The van der Waals surface area contributed by atoms with E-state index in [1.165, 1.54) is 18.4 Å². The fourth-order valence-electron chi connectivity index (χ4n) is 2.79. The van der Waals surface area contributed by atoms with Crippen LogP contribution in [0.5, 0.6) is 0 Å². The van der Waals surface area contributed by atoms with E-state index in [1.54, 1.807) is 0 Å². The second-order valence-electron chi connectivity index (χ2n) is 5.36. The number of esters is 1. The molecule has 0 heterocycles. The lowest BCUT2D eigenvalue weighted by Gasteiger charge is -2.15. The van der Waals surface area contributed by atoms with Gasteiger partial charge in [-0.05, 0) is 43.2 Å². The lowest BCUT2D eigenvalue weighted by Crippen LogP contribution is -2.25. The Kier molecular flexibility index (Phi) is 4.97. The smallest absolute Gasteiger partial charge is 0.310 e. The molecule has 3 heteroatoms. The molecule has 1 aromatic rings. The minimum Gasteiger partial charge on any atom is -0.466 e. The summed E-state index contributed by atoms with van der Waals surface area (Å²) in [5.41, 5.74) is 8.42. The molecule has 0 unspecified atom stereocenters. The predicted molar refractivity (Wildman–Crippen MR) is 75.8 cm³/mol. The van der Waals surface area contributed by atoms with Gasteiger partial charge in [-0.1, -0.05) is 30.7 Å². The molecule has 2 atom stereocenters. The molecule has 2 N–H and O–H groups in total. The minimum absolute atomic E-state index is 0.159. The normalized spacial score (nSPS) is 22.4. The molecular weight excluding hydrogens is 238 g/mol. The van der Waals surface area contributed by atoms with Gasteiger partial charge in [0.25, 0.3) is 0 Å². The Morgan fingerprint density at radius 2 is 1.95 bits per heavy atom. The van der Waals surface area contributed by atoms with Gasteiger partial charge in [-0.15, -0.1) is 0 Å². The Morgan fingerprint density at radius 1 is 1.26 bits per heavy atom. The molecule has 0 amide bonds. The molecule has 1 fully saturated rings. The van der Waals surface area contributed by atoms with Gasteiger partial charge in [0, 0.05) is 6.04 Å². The first kappa shape index (κ1) is 14.1. The average Bonchev–Trinajstić information content (AvgIpc) is 2.78. The maximum absolute atomic E-state index is 11.4. The summed E-state index contributed by atoms with van der Waals surface area (Å²) in [5.74, 6) is 0.462. The van der Waals surface area contributed by atoms with Crippen molar-refractivity contribution in [2.24, 2.45) is 11.7 Å². The van der Waals surface area contributed by atoms with E-state index in [9.17, 15) is 4.79 Å². The number of ether oxygens (including phenoxy) is 1. The number of carbonyl (C=O) groups excluding carboxylic acids is 1. The van der Waals surface area contributed by atoms with Gasteiger partial charge in [-0.3, -0.25) is 4.79 Å². The molecule has 0 spiro atoms. The lowest BCUT2D eigenvalue weighted by atomic mass is 9.94. The zero-order chi connectivity index (χ0) is 13.7. The first-order chi connectivity index (χ1) is 9.19. The summed E-state index contributed by atoms with van der Waals surface area (Å²) in [4.78, 5) is 11.4. The molecule has 0 saturated heterocycles. The van der Waals surface area contributed by atoms with Crippen molar-refractivity contribution < 1.29 is 9.53 Å². The summed E-state index contributed by atoms with van der Waals surface area (Å²) in [6, 6.07) is 8.62. The zero-order valence-electron chi connectivity index (χ0n) is 11.6. The van der Waals surface area contributed by atoms with E-state index < -0.39 is 0 Å². The van der Waals surface area contributed by atoms with Gasteiger partial charge in [-0.2, -0.15) is 0 Å². The first-order valence-electron chi connectivity index (χ1n) is 7.18. The van der Waals surface area contributed by atoms with Crippen LogP contribution in [0.1, 0.15) is 37.3 Å². The summed E-state index contributed by atoms with van der Waals surface area (Å²) >= 11 is 0. The summed E-state index contributed by atoms with van der Waals surface area (Å²) < 4.78 is 4.94. The number of hydrogen-bond donors (Lipinski definition) is 1. The summed E-state index contributed by atoms with van der Waals surface area (Å²) in [6.07, 6.45) is 5.07. The van der Waals surface area contributed by atoms with Crippen LogP contribution in [0.15, 0.2) is 24.3 Å². The molecule has 2 rings (SSSR count). The van der Waals surface area contributed by atoms with Crippen molar-refractivity contribution in [1.29, 1.82) is 0 Å². The van der Waals surface area contributed by atoms with Crippen LogP contribution >= 0.6 is 0 Å². The monoisotopic (exact) mass is 261 g/mol. The molecule has 19 heavy (non-hydrogen) atoms. The fraction of sp³-hybridized carbons (Fsp3) is 0.562. The Labute approximate surface area is 115 Å². The highest BCUT2D eigenvalue weighted by Gasteiger charge is 2.23. The van der Waals surface area contributed by atoms with Gasteiger partial charge in [0.1, 0.15) is 0 Å². The molecule has 0 bridgehead atoms. The van der Waals surface area contributed by atoms with E-state index in [1.807, 2.05) is 19.1 Å². The molecule has 0 aliphatic heterocycles. The van der Waals surface area contributed by atoms with E-state index in [0.717, 1.165) is 18.4 Å². The van der Waals surface area contributed by atoms with Crippen molar-refractivity contribution in [2.45, 2.75) is 45.1 Å². The molecule has 1 aliphatic rings. The van der Waals surface area contributed by atoms with Gasteiger partial charge in [0.15, 0.2) is 0 Å². The number of hydrogen-bond acceptors (Lipinski definition) is 3. The van der Waals surface area contributed by atoms with E-state index in [2.05, 4.69) is 12.1 Å². The highest BCUT2D eigenvalue weighted by molar-refractivity contribution is 5.72. The number of carbonyl (C=O) groups is 1. The van der Waals surface area contributed by atoms with Crippen LogP contribution in [0, 0.1) is 5.92 Å². The highest BCUT2D eigenvalue weighted by atomic mass is 16.5. The van der Waals surface area contributed by atoms with E-state index in [-0.39, 0.29) is 5.97 Å². The van der Waals surface area contributed by atoms with E-state index in [4.69, 9.17) is 10.5 Å². The predicted octanol–water partition coefficient (Wildman–Crippen LogP) is 2.46. The summed E-state index contributed by atoms with van der Waals surface area (Å²) in [6.45, 7) is 2.27. The number of benzene rings is 1. The minimum atomic E-state index is -0.159. The van der Waals surface area contributed by atoms with Crippen LogP contribution in [0.2, 0.25) is 0 Å². The third kappa shape index (κ3) is 4.06. The van der Waals surface area contributed by atoms with Gasteiger partial charge in [-0.25, -0.2) is 0 Å². The quantitative estimate of drug-likeness (QED) is 0.828. The van der Waals surface area contributed by atoms with Crippen LogP contribution in [0.3, 0.4) is 0 Å². The van der Waals surface area contributed by atoms with Crippen molar-refractivity contribution in [3.8, 4) is 0 Å². The Hall–Kier alpha value is -1.35. The molecule has 0 radical (unpaired) electrons. The molecule has 0 aromatic heterocycles. The van der Waals surface area contributed by atoms with Gasteiger partial charge >= 0.3 is 5.97 Å². The molecule has 1 aromatic carbocycles. The Morgan fingerprint density at radius 3 is 2.53 bits per heavy atom. The average molecular weight is 261 g/mol. The van der Waals surface area contributed by atoms with Crippen molar-refractivity contribution >= 4 is 5.97 Å². The van der Waals surface area contributed by atoms with Crippen LogP contribution in [-0.4, -0.2) is 18.6 Å². The maximum atomic E-state index is 11.4. The van der Waals surface area contributed by atoms with E-state index in [0.29, 0.717) is 25.0 Å². The first-order valence-corrected chi connectivity index (χ1v) is 7.18. The van der Waals surface area contributed by atoms with Crippen molar-refractivity contribution in [2.75, 3.05) is 6.61 Å². The van der Waals surface area contributed by atoms with Gasteiger partial charge in [0.2, 0.25) is 0 Å².